The molecule has 0 aliphatic carbocycles. The summed E-state index contributed by atoms with van der Waals surface area (Å²) in [5.41, 5.74) is 11.1. The largest absolute Gasteiger partial charge is 0.364 e. The van der Waals surface area contributed by atoms with E-state index in [2.05, 4.69) is 15.6 Å². The summed E-state index contributed by atoms with van der Waals surface area (Å²) in [6.07, 6.45) is 1.06. The Bertz CT molecular complexity index is 1020. The molecule has 4 rings (SSSR count). The smallest absolute Gasteiger partial charge is 0.271 e. The standard InChI is InChI=1S/C19H21N7O4/c20-16(27)14-15(17(21)28)26(24-23-14)11-6-7-25-13(9-11)18(29)22-12(19(25)30)8-10-4-2-1-3-5-10/h1-5,11-13H,6-9H2,(H2,20,27)(H2,21,28)(H,22,29). The third-order valence-electron chi connectivity index (χ3n) is 5.56. The van der Waals surface area contributed by atoms with E-state index < -0.39 is 29.9 Å². The molecule has 3 heterocycles. The lowest BCUT2D eigenvalue weighted by Gasteiger charge is -2.44. The maximum Gasteiger partial charge on any atom is 0.271 e. The van der Waals surface area contributed by atoms with Crippen molar-refractivity contribution >= 4 is 23.6 Å². The Hall–Kier alpha value is -3.76. The highest BCUT2D eigenvalue weighted by atomic mass is 16.2. The molecule has 11 nitrogen and oxygen atoms in total. The predicted molar refractivity (Wildman–Crippen MR) is 103 cm³/mol. The van der Waals surface area contributed by atoms with Gasteiger partial charge in [0.05, 0.1) is 6.04 Å². The highest BCUT2D eigenvalue weighted by Crippen LogP contribution is 2.31. The first-order chi connectivity index (χ1) is 14.4. The van der Waals surface area contributed by atoms with Gasteiger partial charge in [-0.1, -0.05) is 35.5 Å². The van der Waals surface area contributed by atoms with Gasteiger partial charge in [0.15, 0.2) is 11.4 Å². The second kappa shape index (κ2) is 7.58. The summed E-state index contributed by atoms with van der Waals surface area (Å²) in [4.78, 5) is 50.6. The predicted octanol–water partition coefficient (Wildman–Crippen LogP) is -1.25. The zero-order valence-electron chi connectivity index (χ0n) is 16.0. The molecular weight excluding hydrogens is 390 g/mol. The fourth-order valence-electron chi connectivity index (χ4n) is 4.14. The molecule has 2 aliphatic heterocycles. The first-order valence-corrected chi connectivity index (χ1v) is 9.56. The van der Waals surface area contributed by atoms with Gasteiger partial charge in [-0.2, -0.15) is 0 Å². The molecule has 0 spiro atoms. The molecule has 1 aromatic heterocycles. The number of nitrogens with two attached hydrogens (primary N) is 2. The molecule has 4 amide bonds. The van der Waals surface area contributed by atoms with Crippen LogP contribution in [0.3, 0.4) is 0 Å². The number of piperidine rings is 1. The van der Waals surface area contributed by atoms with Crippen molar-refractivity contribution in [1.82, 2.24) is 25.2 Å². The van der Waals surface area contributed by atoms with Gasteiger partial charge in [0, 0.05) is 13.0 Å². The minimum atomic E-state index is -0.915. The summed E-state index contributed by atoms with van der Waals surface area (Å²) < 4.78 is 1.24. The van der Waals surface area contributed by atoms with Crippen molar-refractivity contribution in [3.63, 3.8) is 0 Å². The molecule has 5 N–H and O–H groups in total. The zero-order valence-corrected chi connectivity index (χ0v) is 16.0. The number of hydrogen-bond acceptors (Lipinski definition) is 6. The van der Waals surface area contributed by atoms with Crippen LogP contribution in [0.4, 0.5) is 0 Å². The Labute approximate surface area is 171 Å². The number of amides is 4. The monoisotopic (exact) mass is 411 g/mol. The summed E-state index contributed by atoms with van der Waals surface area (Å²) in [5.74, 6) is -2.21. The van der Waals surface area contributed by atoms with E-state index in [0.717, 1.165) is 5.56 Å². The van der Waals surface area contributed by atoms with Gasteiger partial charge in [0.1, 0.15) is 12.1 Å². The van der Waals surface area contributed by atoms with E-state index in [-0.39, 0.29) is 29.6 Å². The number of carbonyl (C=O) groups is 4. The fraction of sp³-hybridized carbons (Fsp3) is 0.368. The molecular formula is C19H21N7O4. The van der Waals surface area contributed by atoms with Crippen LogP contribution in [-0.2, 0) is 16.0 Å². The second-order valence-corrected chi connectivity index (χ2v) is 7.44. The van der Waals surface area contributed by atoms with Crippen LogP contribution < -0.4 is 16.8 Å². The number of nitrogens with zero attached hydrogens (tertiary/aromatic N) is 4. The number of piperazine rings is 1. The maximum absolute atomic E-state index is 13.0. The molecule has 0 saturated carbocycles. The molecule has 2 aromatic rings. The summed E-state index contributed by atoms with van der Waals surface area (Å²) >= 11 is 0. The van der Waals surface area contributed by atoms with Gasteiger partial charge in [-0.05, 0) is 18.4 Å². The topological polar surface area (TPSA) is 166 Å². The summed E-state index contributed by atoms with van der Waals surface area (Å²) in [6, 6.07) is 7.71. The van der Waals surface area contributed by atoms with E-state index in [4.69, 9.17) is 11.5 Å². The SMILES string of the molecule is NC(=O)c1nnn(C2CCN3C(=O)C(Cc4ccccc4)NC(=O)C3C2)c1C(N)=O. The first kappa shape index (κ1) is 19.6. The van der Waals surface area contributed by atoms with Crippen molar-refractivity contribution in [3.8, 4) is 0 Å². The number of hydrogen-bond donors (Lipinski definition) is 3. The van der Waals surface area contributed by atoms with Gasteiger partial charge in [-0.15, -0.1) is 5.10 Å². The van der Waals surface area contributed by atoms with Gasteiger partial charge in [-0.3, -0.25) is 19.2 Å². The van der Waals surface area contributed by atoms with Gasteiger partial charge in [0.25, 0.3) is 11.8 Å². The third kappa shape index (κ3) is 3.38. The van der Waals surface area contributed by atoms with Gasteiger partial charge < -0.3 is 21.7 Å². The Kier molecular flexibility index (Phi) is 4.94. The number of rotatable bonds is 5. The van der Waals surface area contributed by atoms with Crippen LogP contribution >= 0.6 is 0 Å². The Morgan fingerprint density at radius 3 is 2.53 bits per heavy atom. The fourth-order valence-corrected chi connectivity index (χ4v) is 4.14. The van der Waals surface area contributed by atoms with Gasteiger partial charge >= 0.3 is 0 Å². The van der Waals surface area contributed by atoms with Crippen molar-refractivity contribution in [3.05, 3.63) is 47.3 Å². The molecule has 11 heteroatoms. The van der Waals surface area contributed by atoms with Crippen LogP contribution in [-0.4, -0.2) is 62.2 Å². The number of carbonyl (C=O) groups excluding carboxylic acids is 4. The number of primary amides is 2. The van der Waals surface area contributed by atoms with E-state index in [9.17, 15) is 19.2 Å². The molecule has 0 bridgehead atoms. The maximum atomic E-state index is 13.0. The first-order valence-electron chi connectivity index (χ1n) is 9.56. The highest BCUT2D eigenvalue weighted by Gasteiger charge is 2.45. The lowest BCUT2D eigenvalue weighted by atomic mass is 9.91. The lowest BCUT2D eigenvalue weighted by molar-refractivity contribution is -0.152. The molecule has 3 atom stereocenters. The van der Waals surface area contributed by atoms with E-state index >= 15 is 0 Å². The van der Waals surface area contributed by atoms with Crippen LogP contribution in [0, 0.1) is 0 Å². The molecule has 30 heavy (non-hydrogen) atoms. The quantitative estimate of drug-likeness (QED) is 0.556. The number of nitrogens with one attached hydrogen (secondary N) is 1. The van der Waals surface area contributed by atoms with Crippen LogP contribution in [0.2, 0.25) is 0 Å². The van der Waals surface area contributed by atoms with Crippen LogP contribution in [0.15, 0.2) is 30.3 Å². The molecule has 2 saturated heterocycles. The van der Waals surface area contributed by atoms with Crippen molar-refractivity contribution in [1.29, 1.82) is 0 Å². The zero-order chi connectivity index (χ0) is 21.4. The molecule has 2 fully saturated rings. The molecule has 0 radical (unpaired) electrons. The van der Waals surface area contributed by atoms with Crippen LogP contribution in [0.1, 0.15) is 45.4 Å². The summed E-state index contributed by atoms with van der Waals surface area (Å²) in [5, 5.41) is 10.3. The number of benzene rings is 1. The van der Waals surface area contributed by atoms with E-state index in [1.807, 2.05) is 30.3 Å². The highest BCUT2D eigenvalue weighted by molar-refractivity contribution is 6.03. The lowest BCUT2D eigenvalue weighted by Crippen LogP contribution is -2.65. The minimum absolute atomic E-state index is 0.145. The van der Waals surface area contributed by atoms with Crippen molar-refractivity contribution in [2.24, 2.45) is 11.5 Å². The van der Waals surface area contributed by atoms with E-state index in [0.29, 0.717) is 19.4 Å². The Balaban J connectivity index is 1.53. The Morgan fingerprint density at radius 1 is 1.13 bits per heavy atom. The van der Waals surface area contributed by atoms with Crippen molar-refractivity contribution in [2.45, 2.75) is 37.4 Å². The molecule has 2 aliphatic rings. The van der Waals surface area contributed by atoms with Gasteiger partial charge in [0.2, 0.25) is 11.8 Å². The average Bonchev–Trinajstić information content (AvgIpc) is 3.18. The van der Waals surface area contributed by atoms with Crippen LogP contribution in [0.5, 0.6) is 0 Å². The van der Waals surface area contributed by atoms with E-state index in [1.54, 1.807) is 4.90 Å². The van der Waals surface area contributed by atoms with Crippen molar-refractivity contribution < 1.29 is 19.2 Å². The normalized spacial score (nSPS) is 23.6. The van der Waals surface area contributed by atoms with Crippen molar-refractivity contribution in [2.75, 3.05) is 6.54 Å². The summed E-state index contributed by atoms with van der Waals surface area (Å²) in [6.45, 7) is 0.302. The third-order valence-corrected chi connectivity index (χ3v) is 5.56. The molecule has 156 valence electrons. The number of fused-ring (bicyclic) bond motifs is 1. The van der Waals surface area contributed by atoms with Crippen LogP contribution in [0.25, 0.3) is 0 Å². The minimum Gasteiger partial charge on any atom is -0.364 e. The second-order valence-electron chi connectivity index (χ2n) is 7.44. The number of aromatic nitrogens is 3. The summed E-state index contributed by atoms with van der Waals surface area (Å²) in [7, 11) is 0. The van der Waals surface area contributed by atoms with E-state index in [1.165, 1.54) is 4.68 Å². The van der Waals surface area contributed by atoms with Gasteiger partial charge in [-0.25, -0.2) is 4.68 Å². The molecule has 1 aromatic carbocycles. The average molecular weight is 411 g/mol. The Morgan fingerprint density at radius 2 is 1.87 bits per heavy atom. The molecule has 3 unspecified atom stereocenters.